The molecule has 0 unspecified atom stereocenters. The van der Waals surface area contributed by atoms with Crippen molar-refractivity contribution in [2.45, 2.75) is 44.0 Å². The molecule has 3 aromatic heterocycles. The summed E-state index contributed by atoms with van der Waals surface area (Å²) < 4.78 is 27.3. The molecule has 0 fully saturated rings. The molecule has 54 heavy (non-hydrogen) atoms. The number of halogens is 9. The number of alkyl halides is 9. The normalized spacial score (nSPS) is 12.6. The molecule has 18 nitrogen and oxygen atoms in total. The maximum Gasteiger partial charge on any atom is 0.308 e. The number of nitrogens with one attached hydrogen (secondary N) is 3. The molecule has 3 aromatic rings. The Kier molecular flexibility index (Phi) is 18.8. The van der Waals surface area contributed by atoms with E-state index in [2.05, 4.69) is 46.5 Å². The van der Waals surface area contributed by atoms with E-state index in [4.69, 9.17) is 132 Å². The molecule has 0 aliphatic carbocycles. The summed E-state index contributed by atoms with van der Waals surface area (Å²) in [6.45, 7) is 4.16. The monoisotopic (exact) mass is 941 g/mol. The second-order valence-corrected chi connectivity index (χ2v) is 17.9. The van der Waals surface area contributed by atoms with Crippen molar-refractivity contribution in [2.24, 2.45) is 5.41 Å². The van der Waals surface area contributed by atoms with Gasteiger partial charge in [0.25, 0.3) is 29.0 Å². The van der Waals surface area contributed by atoms with Crippen LogP contribution in [-0.2, 0) is 25.6 Å². The summed E-state index contributed by atoms with van der Waals surface area (Å²) >= 11 is 51.2. The second kappa shape index (κ2) is 21.7. The lowest BCUT2D eigenvalue weighted by atomic mass is 9.88. The van der Waals surface area contributed by atoms with Crippen molar-refractivity contribution >= 4 is 122 Å². The third-order valence-electron chi connectivity index (χ3n) is 6.81. The van der Waals surface area contributed by atoms with E-state index >= 15 is 0 Å². The summed E-state index contributed by atoms with van der Waals surface area (Å²) in [5, 5.41) is 29.2. The van der Waals surface area contributed by atoms with E-state index in [0.29, 0.717) is 25.7 Å². The summed E-state index contributed by atoms with van der Waals surface area (Å²) in [7, 11) is 0. The van der Waals surface area contributed by atoms with Crippen LogP contribution in [0.25, 0.3) is 0 Å². The standard InChI is InChI=1S/C27H32Cl9N9O9/c1-2-24(12-49-9-3-6-37-15(46)18-40-43-21(52-18)25(28,29)30,13-50-10-4-7-38-16(47)19-41-44-22(53-19)26(31,32)33)14-51-11-5-8-39-17(48)20-42-45-23(54-20)27(34,35)36/h2-14H2,1H3,(H,37,46)(H,38,47)(H,39,48). The molecule has 0 spiro atoms. The Hall–Kier alpha value is -1.68. The van der Waals surface area contributed by atoms with Crippen LogP contribution >= 0.6 is 104 Å². The zero-order valence-corrected chi connectivity index (χ0v) is 34.8. The molecule has 302 valence electrons. The molecule has 0 aliphatic rings. The van der Waals surface area contributed by atoms with E-state index in [1.807, 2.05) is 6.92 Å². The smallest absolute Gasteiger partial charge is 0.308 e. The maximum atomic E-state index is 12.3. The molecule has 0 bridgehead atoms. The van der Waals surface area contributed by atoms with E-state index in [9.17, 15) is 14.4 Å². The van der Waals surface area contributed by atoms with E-state index < -0.39 is 34.5 Å². The van der Waals surface area contributed by atoms with Crippen molar-refractivity contribution in [3.63, 3.8) is 0 Å². The Bertz CT molecular complexity index is 1460. The number of aromatic nitrogens is 6. The number of hydrogen-bond donors (Lipinski definition) is 3. The molecule has 3 rings (SSSR count). The summed E-state index contributed by atoms with van der Waals surface area (Å²) in [6.07, 6.45) is 1.91. The van der Waals surface area contributed by atoms with Gasteiger partial charge in [0.1, 0.15) is 0 Å². The van der Waals surface area contributed by atoms with Crippen molar-refractivity contribution in [3.05, 3.63) is 35.3 Å². The third kappa shape index (κ3) is 15.7. The van der Waals surface area contributed by atoms with Gasteiger partial charge in [-0.05, 0) is 25.7 Å². The summed E-state index contributed by atoms with van der Waals surface area (Å²) in [4.78, 5) is 36.9. The van der Waals surface area contributed by atoms with Gasteiger partial charge in [-0.3, -0.25) is 14.4 Å². The molecular formula is C27H32Cl9N9O9. The van der Waals surface area contributed by atoms with Crippen molar-refractivity contribution < 1.29 is 41.8 Å². The summed E-state index contributed by atoms with van der Waals surface area (Å²) in [5.74, 6) is -4.02. The number of ether oxygens (including phenoxy) is 3. The molecular weight excluding hydrogens is 913 g/mol. The molecule has 3 amide bonds. The quantitative estimate of drug-likeness (QED) is 0.0832. The van der Waals surface area contributed by atoms with E-state index in [0.717, 1.165) is 0 Å². The van der Waals surface area contributed by atoms with Crippen LogP contribution in [0.5, 0.6) is 0 Å². The lowest BCUT2D eigenvalue weighted by Crippen LogP contribution is -2.38. The number of rotatable bonds is 22. The molecule has 27 heteroatoms. The fourth-order valence-electron chi connectivity index (χ4n) is 3.94. The number of carbonyl (C=O) groups excluding carboxylic acids is 3. The minimum Gasteiger partial charge on any atom is -0.412 e. The predicted octanol–water partition coefficient (Wildman–Crippen LogP) is 5.52. The van der Waals surface area contributed by atoms with Gasteiger partial charge in [0.05, 0.1) is 19.8 Å². The SMILES string of the molecule is CCC(COCCCNC(=O)c1nnc(C(Cl)(Cl)Cl)o1)(COCCCNC(=O)c1nnc(C(Cl)(Cl)Cl)o1)COCCCNC(=O)c1nnc(C(Cl)(Cl)Cl)o1. The van der Waals surface area contributed by atoms with Crippen LogP contribution in [0.2, 0.25) is 0 Å². The number of hydrogen-bond acceptors (Lipinski definition) is 15. The topological polar surface area (TPSA) is 232 Å². The van der Waals surface area contributed by atoms with Crippen molar-refractivity contribution in [1.82, 2.24) is 46.5 Å². The van der Waals surface area contributed by atoms with Gasteiger partial charge in [0.15, 0.2) is 0 Å². The fraction of sp³-hybridized carbons (Fsp3) is 0.667. The van der Waals surface area contributed by atoms with Gasteiger partial charge in [0.2, 0.25) is 0 Å². The lowest BCUT2D eigenvalue weighted by molar-refractivity contribution is -0.0720. The largest absolute Gasteiger partial charge is 0.412 e. The van der Waals surface area contributed by atoms with E-state index in [1.165, 1.54) is 0 Å². The summed E-state index contributed by atoms with van der Waals surface area (Å²) in [5.41, 5.74) is -0.582. The predicted molar refractivity (Wildman–Crippen MR) is 197 cm³/mol. The highest BCUT2D eigenvalue weighted by molar-refractivity contribution is 6.67. The third-order valence-corrected chi connectivity index (χ3v) is 8.27. The van der Waals surface area contributed by atoms with Crippen LogP contribution in [0.15, 0.2) is 13.3 Å². The second-order valence-electron chi connectivity index (χ2n) is 11.1. The average Bonchev–Trinajstić information content (AvgIpc) is 3.89. The van der Waals surface area contributed by atoms with Crippen molar-refractivity contribution in [2.75, 3.05) is 59.3 Å². The van der Waals surface area contributed by atoms with Gasteiger partial charge in [0, 0.05) is 44.9 Å². The van der Waals surface area contributed by atoms with Gasteiger partial charge in [-0.15, -0.1) is 30.6 Å². The first kappa shape index (κ1) is 46.7. The molecule has 0 aromatic carbocycles. The summed E-state index contributed by atoms with van der Waals surface area (Å²) in [6, 6.07) is 0. The zero-order chi connectivity index (χ0) is 40.0. The number of carbonyl (C=O) groups is 3. The number of nitrogens with zero attached hydrogens (tertiary/aromatic N) is 6. The molecule has 0 saturated heterocycles. The Morgan fingerprint density at radius 1 is 0.519 bits per heavy atom. The van der Waals surface area contributed by atoms with Crippen LogP contribution < -0.4 is 16.0 Å². The molecule has 0 atom stereocenters. The van der Waals surface area contributed by atoms with Gasteiger partial charge in [-0.25, -0.2) is 0 Å². The fourth-order valence-corrected chi connectivity index (χ4v) is 4.63. The molecule has 0 saturated carbocycles. The minimum absolute atomic E-state index is 0.221. The van der Waals surface area contributed by atoms with Gasteiger partial charge in [-0.1, -0.05) is 111 Å². The highest BCUT2D eigenvalue weighted by atomic mass is 35.6. The molecule has 3 heterocycles. The Morgan fingerprint density at radius 3 is 1.02 bits per heavy atom. The van der Waals surface area contributed by atoms with Crippen LogP contribution in [0.1, 0.15) is 82.3 Å². The minimum atomic E-state index is -1.96. The Labute approximate surface area is 352 Å². The first-order valence-electron chi connectivity index (χ1n) is 15.6. The zero-order valence-electron chi connectivity index (χ0n) is 28.0. The van der Waals surface area contributed by atoms with E-state index in [-0.39, 0.29) is 94.6 Å². The van der Waals surface area contributed by atoms with Crippen molar-refractivity contribution in [3.8, 4) is 0 Å². The van der Waals surface area contributed by atoms with Crippen molar-refractivity contribution in [1.29, 1.82) is 0 Å². The highest BCUT2D eigenvalue weighted by Crippen LogP contribution is 2.38. The highest BCUT2D eigenvalue weighted by Gasteiger charge is 2.34. The molecule has 3 N–H and O–H groups in total. The first-order valence-corrected chi connectivity index (χ1v) is 19.0. The van der Waals surface area contributed by atoms with Gasteiger partial charge < -0.3 is 43.4 Å². The Morgan fingerprint density at radius 2 is 0.796 bits per heavy atom. The number of amides is 3. The van der Waals surface area contributed by atoms with Crippen LogP contribution in [0.3, 0.4) is 0 Å². The Balaban J connectivity index is 1.44. The van der Waals surface area contributed by atoms with Crippen LogP contribution in [0, 0.1) is 5.41 Å². The molecule has 0 radical (unpaired) electrons. The van der Waals surface area contributed by atoms with Crippen LogP contribution in [0.4, 0.5) is 0 Å². The van der Waals surface area contributed by atoms with E-state index in [1.54, 1.807) is 0 Å². The van der Waals surface area contributed by atoms with Gasteiger partial charge >= 0.3 is 35.4 Å². The maximum absolute atomic E-state index is 12.3. The first-order chi connectivity index (χ1) is 25.3. The van der Waals surface area contributed by atoms with Gasteiger partial charge in [-0.2, -0.15) is 0 Å². The molecule has 0 aliphatic heterocycles. The van der Waals surface area contributed by atoms with Crippen LogP contribution in [-0.4, -0.2) is 108 Å². The lowest BCUT2D eigenvalue weighted by Gasteiger charge is -2.32. The average molecular weight is 946 g/mol.